The largest absolute Gasteiger partial charge is 0.386 e. The predicted molar refractivity (Wildman–Crippen MR) is 76.5 cm³/mol. The molecule has 2 atom stereocenters. The molecule has 0 aliphatic carbocycles. The molecule has 1 heterocycles. The Morgan fingerprint density at radius 2 is 2.05 bits per heavy atom. The van der Waals surface area contributed by atoms with Crippen LogP contribution in [-0.4, -0.2) is 26.8 Å². The summed E-state index contributed by atoms with van der Waals surface area (Å²) < 4.78 is 1.55. The van der Waals surface area contributed by atoms with Gasteiger partial charge in [0.25, 0.3) is 5.91 Å². The molecule has 1 aromatic heterocycles. The molecule has 0 saturated heterocycles. The van der Waals surface area contributed by atoms with Crippen LogP contribution in [0, 0.1) is 0 Å². The molecule has 6 heteroatoms. The van der Waals surface area contributed by atoms with E-state index >= 15 is 0 Å². The summed E-state index contributed by atoms with van der Waals surface area (Å²) >= 11 is 5.80. The summed E-state index contributed by atoms with van der Waals surface area (Å²) in [5.74, 6) is -0.265. The van der Waals surface area contributed by atoms with Gasteiger partial charge in [-0.1, -0.05) is 23.7 Å². The summed E-state index contributed by atoms with van der Waals surface area (Å²) in [7, 11) is 1.74. The predicted octanol–water partition coefficient (Wildman–Crippen LogP) is 1.93. The van der Waals surface area contributed by atoms with Crippen molar-refractivity contribution in [2.45, 2.75) is 19.1 Å². The molecular formula is C14H16ClN3O2. The molecular weight excluding hydrogens is 278 g/mol. The minimum absolute atomic E-state index is 0.265. The van der Waals surface area contributed by atoms with Crippen molar-refractivity contribution >= 4 is 17.5 Å². The van der Waals surface area contributed by atoms with Gasteiger partial charge in [-0.05, 0) is 24.6 Å². The number of rotatable bonds is 4. The molecule has 2 unspecified atom stereocenters. The number of amides is 1. The fourth-order valence-corrected chi connectivity index (χ4v) is 1.98. The molecule has 1 amide bonds. The summed E-state index contributed by atoms with van der Waals surface area (Å²) in [6.07, 6.45) is 2.31. The number of nitrogens with one attached hydrogen (secondary N) is 1. The van der Waals surface area contributed by atoms with E-state index in [1.807, 2.05) is 0 Å². The van der Waals surface area contributed by atoms with Crippen molar-refractivity contribution in [2.24, 2.45) is 7.05 Å². The van der Waals surface area contributed by atoms with Gasteiger partial charge < -0.3 is 10.4 Å². The monoisotopic (exact) mass is 293 g/mol. The van der Waals surface area contributed by atoms with Crippen LogP contribution >= 0.6 is 11.6 Å². The normalized spacial score (nSPS) is 13.8. The number of hydrogen-bond acceptors (Lipinski definition) is 3. The number of aromatic nitrogens is 2. The Morgan fingerprint density at radius 1 is 1.40 bits per heavy atom. The minimum atomic E-state index is -0.798. The van der Waals surface area contributed by atoms with E-state index in [1.165, 1.54) is 6.20 Å². The molecule has 0 aliphatic rings. The zero-order valence-electron chi connectivity index (χ0n) is 11.2. The highest BCUT2D eigenvalue weighted by atomic mass is 35.5. The van der Waals surface area contributed by atoms with Gasteiger partial charge in [0.2, 0.25) is 0 Å². The van der Waals surface area contributed by atoms with Crippen LogP contribution in [0.3, 0.4) is 0 Å². The molecule has 0 fully saturated rings. The number of hydrogen-bond donors (Lipinski definition) is 2. The van der Waals surface area contributed by atoms with Crippen molar-refractivity contribution in [3.63, 3.8) is 0 Å². The van der Waals surface area contributed by atoms with Gasteiger partial charge in [-0.15, -0.1) is 0 Å². The van der Waals surface area contributed by atoms with E-state index in [0.717, 1.165) is 0 Å². The van der Waals surface area contributed by atoms with Gasteiger partial charge in [0, 0.05) is 18.3 Å². The summed E-state index contributed by atoms with van der Waals surface area (Å²) in [4.78, 5) is 12.0. The van der Waals surface area contributed by atoms with Crippen molar-refractivity contribution < 1.29 is 9.90 Å². The lowest BCUT2D eigenvalue weighted by Gasteiger charge is -2.20. The fourth-order valence-electron chi connectivity index (χ4n) is 1.86. The van der Waals surface area contributed by atoms with Crippen LogP contribution in [0.25, 0.3) is 0 Å². The maximum Gasteiger partial charge on any atom is 0.254 e. The molecule has 1 aromatic carbocycles. The molecule has 5 nitrogen and oxygen atoms in total. The van der Waals surface area contributed by atoms with Crippen molar-refractivity contribution in [2.75, 3.05) is 0 Å². The maximum atomic E-state index is 12.0. The molecule has 0 aliphatic heterocycles. The van der Waals surface area contributed by atoms with Crippen LogP contribution in [0.1, 0.15) is 28.9 Å². The number of aliphatic hydroxyl groups is 1. The van der Waals surface area contributed by atoms with E-state index in [1.54, 1.807) is 49.1 Å². The van der Waals surface area contributed by atoms with Gasteiger partial charge in [0.05, 0.1) is 23.9 Å². The van der Waals surface area contributed by atoms with E-state index in [2.05, 4.69) is 10.4 Å². The molecule has 0 spiro atoms. The number of halogens is 1. The molecule has 2 aromatic rings. The van der Waals surface area contributed by atoms with Gasteiger partial charge in [0.15, 0.2) is 0 Å². The minimum Gasteiger partial charge on any atom is -0.386 e. The molecule has 20 heavy (non-hydrogen) atoms. The number of nitrogens with zero attached hydrogens (tertiary/aromatic N) is 2. The Balaban J connectivity index is 2.02. The first-order valence-electron chi connectivity index (χ1n) is 6.20. The van der Waals surface area contributed by atoms with Gasteiger partial charge in [-0.25, -0.2) is 0 Å². The number of carbonyl (C=O) groups excluding carboxylic acids is 1. The van der Waals surface area contributed by atoms with Gasteiger partial charge >= 0.3 is 0 Å². The first kappa shape index (κ1) is 14.6. The highest BCUT2D eigenvalue weighted by Crippen LogP contribution is 2.19. The second-order valence-corrected chi connectivity index (χ2v) is 5.10. The summed E-state index contributed by atoms with van der Waals surface area (Å²) in [5, 5.41) is 17.5. The molecule has 0 bridgehead atoms. The number of aryl methyl sites for hydroxylation is 1. The van der Waals surface area contributed by atoms with Crippen LogP contribution in [-0.2, 0) is 7.05 Å². The molecule has 2 rings (SSSR count). The van der Waals surface area contributed by atoms with Crippen LogP contribution in [0.5, 0.6) is 0 Å². The summed E-state index contributed by atoms with van der Waals surface area (Å²) in [6, 6.07) is 6.45. The quantitative estimate of drug-likeness (QED) is 0.905. The van der Waals surface area contributed by atoms with E-state index < -0.39 is 12.1 Å². The Kier molecular flexibility index (Phi) is 4.42. The number of carbonyl (C=O) groups is 1. The lowest BCUT2D eigenvalue weighted by atomic mass is 10.0. The third-order valence-electron chi connectivity index (χ3n) is 3.01. The number of aliphatic hydroxyl groups excluding tert-OH is 1. The third-order valence-corrected chi connectivity index (χ3v) is 3.26. The van der Waals surface area contributed by atoms with E-state index in [0.29, 0.717) is 16.1 Å². The summed E-state index contributed by atoms with van der Waals surface area (Å²) in [6.45, 7) is 1.74. The highest BCUT2D eigenvalue weighted by Gasteiger charge is 2.19. The molecule has 106 valence electrons. The molecule has 0 saturated carbocycles. The Morgan fingerprint density at radius 3 is 2.60 bits per heavy atom. The molecule has 2 N–H and O–H groups in total. The van der Waals surface area contributed by atoms with E-state index in [9.17, 15) is 9.90 Å². The average molecular weight is 294 g/mol. The standard InChI is InChI=1S/C14H16ClN3O2/c1-9(13(19)10-3-5-12(15)6-4-10)17-14(20)11-7-16-18(2)8-11/h3-9,13,19H,1-2H3,(H,17,20). The van der Waals surface area contributed by atoms with Crippen LogP contribution in [0.15, 0.2) is 36.7 Å². The van der Waals surface area contributed by atoms with Crippen molar-refractivity contribution in [1.29, 1.82) is 0 Å². The Hall–Kier alpha value is -1.85. The van der Waals surface area contributed by atoms with Crippen LogP contribution in [0.4, 0.5) is 0 Å². The first-order chi connectivity index (χ1) is 9.47. The van der Waals surface area contributed by atoms with Crippen LogP contribution < -0.4 is 5.32 Å². The maximum absolute atomic E-state index is 12.0. The van der Waals surface area contributed by atoms with Gasteiger partial charge in [-0.3, -0.25) is 9.48 Å². The van der Waals surface area contributed by atoms with Crippen molar-refractivity contribution in [1.82, 2.24) is 15.1 Å². The zero-order chi connectivity index (χ0) is 14.7. The molecule has 0 radical (unpaired) electrons. The average Bonchev–Trinajstić information content (AvgIpc) is 2.85. The van der Waals surface area contributed by atoms with Crippen LogP contribution in [0.2, 0.25) is 5.02 Å². The Bertz CT molecular complexity index is 595. The second kappa shape index (κ2) is 6.07. The fraction of sp³-hybridized carbons (Fsp3) is 0.286. The topological polar surface area (TPSA) is 67.2 Å². The van der Waals surface area contributed by atoms with E-state index in [-0.39, 0.29) is 5.91 Å². The smallest absolute Gasteiger partial charge is 0.254 e. The highest BCUT2D eigenvalue weighted by molar-refractivity contribution is 6.30. The van der Waals surface area contributed by atoms with Gasteiger partial charge in [-0.2, -0.15) is 5.10 Å². The SMILES string of the molecule is CC(NC(=O)c1cnn(C)c1)C(O)c1ccc(Cl)cc1. The van der Waals surface area contributed by atoms with Gasteiger partial charge in [0.1, 0.15) is 0 Å². The number of benzene rings is 1. The summed E-state index contributed by atoms with van der Waals surface area (Å²) in [5.41, 5.74) is 1.16. The second-order valence-electron chi connectivity index (χ2n) is 4.66. The van der Waals surface area contributed by atoms with Crippen molar-refractivity contribution in [3.8, 4) is 0 Å². The lowest BCUT2D eigenvalue weighted by Crippen LogP contribution is -2.36. The Labute approximate surface area is 122 Å². The lowest BCUT2D eigenvalue weighted by molar-refractivity contribution is 0.0852. The first-order valence-corrected chi connectivity index (χ1v) is 6.58. The zero-order valence-corrected chi connectivity index (χ0v) is 12.0. The van der Waals surface area contributed by atoms with E-state index in [4.69, 9.17) is 11.6 Å². The van der Waals surface area contributed by atoms with Crippen molar-refractivity contribution in [3.05, 3.63) is 52.8 Å². The third kappa shape index (κ3) is 3.37.